The highest BCUT2D eigenvalue weighted by atomic mass is 32.1. The van der Waals surface area contributed by atoms with Crippen LogP contribution in [0.1, 0.15) is 12.8 Å². The smallest absolute Gasteiger partial charge is 0.238 e. The number of hydrogen-bond donors (Lipinski definition) is 2. The Balaban J connectivity index is 1.17. The van der Waals surface area contributed by atoms with Gasteiger partial charge in [-0.15, -0.1) is 15.3 Å². The quantitative estimate of drug-likeness (QED) is 0.485. The van der Waals surface area contributed by atoms with Crippen LogP contribution in [0.4, 0.5) is 11.5 Å². The number of anilines is 2. The van der Waals surface area contributed by atoms with Gasteiger partial charge in [0.25, 0.3) is 0 Å². The van der Waals surface area contributed by atoms with Gasteiger partial charge in [-0.1, -0.05) is 18.2 Å². The third-order valence-electron chi connectivity index (χ3n) is 5.41. The summed E-state index contributed by atoms with van der Waals surface area (Å²) in [5, 5.41) is 23.7. The second kappa shape index (κ2) is 8.83. The van der Waals surface area contributed by atoms with E-state index >= 15 is 0 Å². The van der Waals surface area contributed by atoms with Crippen molar-refractivity contribution in [3.63, 3.8) is 0 Å². The summed E-state index contributed by atoms with van der Waals surface area (Å²) in [6.45, 7) is 2.15. The lowest BCUT2D eigenvalue weighted by molar-refractivity contribution is -0.117. The summed E-state index contributed by atoms with van der Waals surface area (Å²) in [6.07, 6.45) is 1.91. The Labute approximate surface area is 183 Å². The zero-order valence-corrected chi connectivity index (χ0v) is 17.8. The maximum Gasteiger partial charge on any atom is 0.238 e. The molecule has 0 radical (unpaired) electrons. The second-order valence-electron chi connectivity index (χ2n) is 7.63. The summed E-state index contributed by atoms with van der Waals surface area (Å²) in [5.41, 5.74) is 2.58. The van der Waals surface area contributed by atoms with Crippen molar-refractivity contribution in [3.8, 4) is 11.4 Å². The van der Waals surface area contributed by atoms with E-state index in [9.17, 15) is 4.79 Å². The molecule has 4 aromatic rings. The molecule has 3 aromatic heterocycles. The van der Waals surface area contributed by atoms with Crippen LogP contribution in [0.5, 0.6) is 0 Å². The van der Waals surface area contributed by atoms with Crippen LogP contribution in [-0.2, 0) is 4.79 Å². The Morgan fingerprint density at radius 2 is 1.90 bits per heavy atom. The fraction of sp³-hybridized carbons (Fsp3) is 0.273. The Morgan fingerprint density at radius 1 is 1.06 bits per heavy atom. The zero-order chi connectivity index (χ0) is 21.0. The lowest BCUT2D eigenvalue weighted by Crippen LogP contribution is -2.42. The van der Waals surface area contributed by atoms with Crippen LogP contribution in [-0.4, -0.2) is 56.3 Å². The summed E-state index contributed by atoms with van der Waals surface area (Å²) < 4.78 is 1.79. The fourth-order valence-corrected chi connectivity index (χ4v) is 4.44. The molecular weight excluding hydrogens is 410 g/mol. The predicted octanol–water partition coefficient (Wildman–Crippen LogP) is 3.37. The van der Waals surface area contributed by atoms with Crippen LogP contribution >= 0.6 is 11.3 Å². The molecule has 0 bridgehead atoms. The summed E-state index contributed by atoms with van der Waals surface area (Å²) in [5.74, 6) is 1.58. The molecule has 0 atom stereocenters. The topological polar surface area (TPSA) is 87.5 Å². The first-order chi connectivity index (χ1) is 15.2. The standard InChI is InChI=1S/C22H23N7OS/c30-21(24-17-4-2-1-3-5-17)14-28-11-8-18(9-12-28)23-19-6-7-20-25-26-22(29(20)27-19)16-10-13-31-15-16/h1-7,10,13,15,18H,8-9,11-12,14H2,(H,23,27)(H,24,30). The third-order valence-corrected chi connectivity index (χ3v) is 6.09. The number of carbonyl (C=O) groups excluding carboxylic acids is 1. The van der Waals surface area contributed by atoms with Gasteiger partial charge < -0.3 is 10.6 Å². The van der Waals surface area contributed by atoms with Gasteiger partial charge in [0.05, 0.1) is 6.54 Å². The molecule has 158 valence electrons. The van der Waals surface area contributed by atoms with Crippen molar-refractivity contribution in [2.75, 3.05) is 30.3 Å². The number of nitrogens with zero attached hydrogens (tertiary/aromatic N) is 5. The molecule has 0 saturated carbocycles. The number of likely N-dealkylation sites (tertiary alicyclic amines) is 1. The molecule has 0 unspecified atom stereocenters. The first-order valence-corrected chi connectivity index (χ1v) is 11.3. The van der Waals surface area contributed by atoms with E-state index in [2.05, 4.69) is 25.7 Å². The second-order valence-corrected chi connectivity index (χ2v) is 8.41. The normalized spacial score (nSPS) is 15.2. The van der Waals surface area contributed by atoms with Crippen molar-refractivity contribution in [1.82, 2.24) is 24.7 Å². The average molecular weight is 434 g/mol. The molecule has 1 aliphatic rings. The number of hydrogen-bond acceptors (Lipinski definition) is 7. The SMILES string of the molecule is O=C(CN1CCC(Nc2ccc3nnc(-c4ccsc4)n3n2)CC1)Nc1ccccc1. The third kappa shape index (κ3) is 4.57. The highest BCUT2D eigenvalue weighted by molar-refractivity contribution is 7.08. The molecule has 31 heavy (non-hydrogen) atoms. The van der Waals surface area contributed by atoms with Crippen LogP contribution in [0.25, 0.3) is 17.0 Å². The first-order valence-electron chi connectivity index (χ1n) is 10.3. The average Bonchev–Trinajstić information content (AvgIpc) is 3.45. The molecule has 0 spiro atoms. The predicted molar refractivity (Wildman–Crippen MR) is 122 cm³/mol. The summed E-state index contributed by atoms with van der Waals surface area (Å²) >= 11 is 1.63. The van der Waals surface area contributed by atoms with Gasteiger partial charge in [-0.05, 0) is 48.6 Å². The van der Waals surface area contributed by atoms with Crippen molar-refractivity contribution >= 4 is 34.4 Å². The molecule has 1 fully saturated rings. The molecule has 1 aromatic carbocycles. The Bertz CT molecular complexity index is 1150. The Hall–Kier alpha value is -3.30. The highest BCUT2D eigenvalue weighted by Crippen LogP contribution is 2.22. The number of nitrogens with one attached hydrogen (secondary N) is 2. The van der Waals surface area contributed by atoms with Crippen molar-refractivity contribution in [1.29, 1.82) is 0 Å². The molecule has 1 saturated heterocycles. The van der Waals surface area contributed by atoms with E-state index in [1.807, 2.05) is 59.3 Å². The number of fused-ring (bicyclic) bond motifs is 1. The molecule has 1 amide bonds. The lowest BCUT2D eigenvalue weighted by Gasteiger charge is -2.32. The van der Waals surface area contributed by atoms with E-state index in [1.54, 1.807) is 15.9 Å². The van der Waals surface area contributed by atoms with Gasteiger partial charge in [0.2, 0.25) is 5.91 Å². The van der Waals surface area contributed by atoms with E-state index in [0.717, 1.165) is 54.5 Å². The first kappa shape index (κ1) is 19.7. The number of rotatable bonds is 6. The van der Waals surface area contributed by atoms with Gasteiger partial charge >= 0.3 is 0 Å². The van der Waals surface area contributed by atoms with Crippen molar-refractivity contribution < 1.29 is 4.79 Å². The Kier molecular flexibility index (Phi) is 5.59. The Morgan fingerprint density at radius 3 is 2.68 bits per heavy atom. The van der Waals surface area contributed by atoms with Crippen molar-refractivity contribution in [3.05, 3.63) is 59.3 Å². The van der Waals surface area contributed by atoms with E-state index in [-0.39, 0.29) is 5.91 Å². The van der Waals surface area contributed by atoms with Crippen LogP contribution in [0.2, 0.25) is 0 Å². The van der Waals surface area contributed by atoms with Gasteiger partial charge in [-0.3, -0.25) is 9.69 Å². The number of carbonyl (C=O) groups is 1. The minimum Gasteiger partial charge on any atom is -0.366 e. The number of thiophene rings is 1. The van der Waals surface area contributed by atoms with Crippen molar-refractivity contribution in [2.45, 2.75) is 18.9 Å². The minimum absolute atomic E-state index is 0.0262. The number of para-hydroxylation sites is 1. The summed E-state index contributed by atoms with van der Waals surface area (Å²) in [7, 11) is 0. The summed E-state index contributed by atoms with van der Waals surface area (Å²) in [4.78, 5) is 14.5. The fourth-order valence-electron chi connectivity index (χ4n) is 3.81. The molecular formula is C22H23N7OS. The van der Waals surface area contributed by atoms with Gasteiger partial charge in [0.15, 0.2) is 11.5 Å². The van der Waals surface area contributed by atoms with Crippen LogP contribution in [0, 0.1) is 0 Å². The maximum atomic E-state index is 12.3. The molecule has 2 N–H and O–H groups in total. The van der Waals surface area contributed by atoms with Crippen LogP contribution < -0.4 is 10.6 Å². The largest absolute Gasteiger partial charge is 0.366 e. The van der Waals surface area contributed by atoms with Gasteiger partial charge in [-0.25, -0.2) is 0 Å². The van der Waals surface area contributed by atoms with Crippen molar-refractivity contribution in [2.24, 2.45) is 0 Å². The van der Waals surface area contributed by atoms with Crippen LogP contribution in [0.3, 0.4) is 0 Å². The van der Waals surface area contributed by atoms with E-state index < -0.39 is 0 Å². The molecule has 0 aliphatic carbocycles. The molecule has 8 nitrogen and oxygen atoms in total. The lowest BCUT2D eigenvalue weighted by atomic mass is 10.1. The van der Waals surface area contributed by atoms with E-state index in [1.165, 1.54) is 0 Å². The molecule has 5 rings (SSSR count). The maximum absolute atomic E-state index is 12.3. The molecule has 9 heteroatoms. The molecule has 1 aliphatic heterocycles. The number of benzene rings is 1. The zero-order valence-electron chi connectivity index (χ0n) is 16.9. The monoisotopic (exact) mass is 433 g/mol. The van der Waals surface area contributed by atoms with Gasteiger partial charge in [0, 0.05) is 35.8 Å². The minimum atomic E-state index is 0.0262. The number of aromatic nitrogens is 4. The van der Waals surface area contributed by atoms with Gasteiger partial charge in [-0.2, -0.15) is 15.9 Å². The summed E-state index contributed by atoms with van der Waals surface area (Å²) in [6, 6.07) is 15.8. The highest BCUT2D eigenvalue weighted by Gasteiger charge is 2.21. The van der Waals surface area contributed by atoms with Gasteiger partial charge in [0.1, 0.15) is 5.82 Å². The molecule has 4 heterocycles. The number of piperidine rings is 1. The number of amides is 1. The van der Waals surface area contributed by atoms with E-state index in [4.69, 9.17) is 5.10 Å². The van der Waals surface area contributed by atoms with Crippen LogP contribution in [0.15, 0.2) is 59.3 Å². The van der Waals surface area contributed by atoms with E-state index in [0.29, 0.717) is 12.6 Å².